The second kappa shape index (κ2) is 5.96. The minimum absolute atomic E-state index is 0.0314. The Morgan fingerprint density at radius 1 is 1.04 bits per heavy atom. The van der Waals surface area contributed by atoms with Crippen LogP contribution < -0.4 is 5.32 Å². The van der Waals surface area contributed by atoms with Gasteiger partial charge in [0.2, 0.25) is 0 Å². The van der Waals surface area contributed by atoms with E-state index in [-0.39, 0.29) is 5.91 Å². The van der Waals surface area contributed by atoms with E-state index in [0.717, 1.165) is 35.5 Å². The van der Waals surface area contributed by atoms with Crippen molar-refractivity contribution in [2.24, 2.45) is 0 Å². The molecule has 0 radical (unpaired) electrons. The Labute approximate surface area is 141 Å². The molecule has 1 fully saturated rings. The van der Waals surface area contributed by atoms with Crippen molar-refractivity contribution in [2.45, 2.75) is 25.8 Å². The van der Waals surface area contributed by atoms with Gasteiger partial charge in [-0.25, -0.2) is 4.68 Å². The summed E-state index contributed by atoms with van der Waals surface area (Å²) in [4.78, 5) is 12.8. The number of rotatable bonds is 4. The molecule has 2 aromatic carbocycles. The molecule has 1 aromatic heterocycles. The first kappa shape index (κ1) is 14.7. The van der Waals surface area contributed by atoms with Gasteiger partial charge in [0.1, 0.15) is 5.69 Å². The van der Waals surface area contributed by atoms with Crippen LogP contribution in [0.2, 0.25) is 0 Å². The highest BCUT2D eigenvalue weighted by Gasteiger charge is 2.28. The zero-order chi connectivity index (χ0) is 16.5. The van der Waals surface area contributed by atoms with Gasteiger partial charge < -0.3 is 5.32 Å². The lowest BCUT2D eigenvalue weighted by atomic mass is 10.1. The number of hydrogen-bond acceptors (Lipinski definition) is 2. The summed E-state index contributed by atoms with van der Waals surface area (Å²) in [6.45, 7) is 1.95. The summed E-state index contributed by atoms with van der Waals surface area (Å²) < 4.78 is 1.85. The molecule has 0 bridgehead atoms. The van der Waals surface area contributed by atoms with Gasteiger partial charge in [0.25, 0.3) is 5.91 Å². The van der Waals surface area contributed by atoms with E-state index in [0.29, 0.717) is 11.6 Å². The van der Waals surface area contributed by atoms with Crippen molar-refractivity contribution in [1.82, 2.24) is 15.1 Å². The lowest BCUT2D eigenvalue weighted by molar-refractivity contribution is 0.0951. The smallest absolute Gasteiger partial charge is 0.255 e. The molecule has 1 saturated carbocycles. The van der Waals surface area contributed by atoms with Gasteiger partial charge in [-0.1, -0.05) is 48.5 Å². The Morgan fingerprint density at radius 2 is 1.67 bits per heavy atom. The summed E-state index contributed by atoms with van der Waals surface area (Å²) in [6.07, 6.45) is 2.14. The molecule has 0 aliphatic heterocycles. The first-order valence-electron chi connectivity index (χ1n) is 8.25. The first-order chi connectivity index (χ1) is 11.7. The molecule has 1 heterocycles. The molecule has 1 aliphatic carbocycles. The van der Waals surface area contributed by atoms with E-state index >= 15 is 0 Å². The maximum Gasteiger partial charge on any atom is 0.255 e. The molecule has 0 atom stereocenters. The topological polar surface area (TPSA) is 46.9 Å². The molecule has 0 spiro atoms. The van der Waals surface area contributed by atoms with Crippen molar-refractivity contribution >= 4 is 5.91 Å². The van der Waals surface area contributed by atoms with E-state index in [9.17, 15) is 4.79 Å². The van der Waals surface area contributed by atoms with Crippen molar-refractivity contribution < 1.29 is 4.79 Å². The van der Waals surface area contributed by atoms with Crippen LogP contribution in [-0.2, 0) is 0 Å². The Morgan fingerprint density at radius 3 is 2.29 bits per heavy atom. The average Bonchev–Trinajstić information content (AvgIpc) is 3.36. The van der Waals surface area contributed by atoms with Crippen LogP contribution in [0, 0.1) is 6.92 Å². The lowest BCUT2D eigenvalue weighted by Crippen LogP contribution is -2.26. The SMILES string of the molecule is Cc1c(C(=O)NC2CC2)c(-c2ccccc2)nn1-c1ccccc1. The van der Waals surface area contributed by atoms with Gasteiger partial charge in [0, 0.05) is 11.6 Å². The monoisotopic (exact) mass is 317 g/mol. The molecule has 0 unspecified atom stereocenters. The lowest BCUT2D eigenvalue weighted by Gasteiger charge is -2.06. The van der Waals surface area contributed by atoms with Gasteiger partial charge in [-0.3, -0.25) is 4.79 Å². The van der Waals surface area contributed by atoms with Gasteiger partial charge in [-0.05, 0) is 31.9 Å². The number of benzene rings is 2. The largest absolute Gasteiger partial charge is 0.349 e. The number of aromatic nitrogens is 2. The minimum atomic E-state index is -0.0314. The third-order valence-electron chi connectivity index (χ3n) is 4.30. The summed E-state index contributed by atoms with van der Waals surface area (Å²) >= 11 is 0. The van der Waals surface area contributed by atoms with Crippen LogP contribution in [0.4, 0.5) is 0 Å². The zero-order valence-corrected chi connectivity index (χ0v) is 13.6. The number of carbonyl (C=O) groups excluding carboxylic acids is 1. The molecule has 1 amide bonds. The Kier molecular flexibility index (Phi) is 3.65. The van der Waals surface area contributed by atoms with E-state index < -0.39 is 0 Å². The van der Waals surface area contributed by atoms with Gasteiger partial charge in [0.15, 0.2) is 0 Å². The number of nitrogens with zero attached hydrogens (tertiary/aromatic N) is 2. The summed E-state index contributed by atoms with van der Waals surface area (Å²) in [5.74, 6) is -0.0314. The number of nitrogens with one attached hydrogen (secondary N) is 1. The fourth-order valence-corrected chi connectivity index (χ4v) is 2.88. The first-order valence-corrected chi connectivity index (χ1v) is 8.25. The fraction of sp³-hybridized carbons (Fsp3) is 0.200. The third kappa shape index (κ3) is 2.71. The predicted molar refractivity (Wildman–Crippen MR) is 94.2 cm³/mol. The van der Waals surface area contributed by atoms with Crippen LogP contribution >= 0.6 is 0 Å². The van der Waals surface area contributed by atoms with Crippen LogP contribution in [0.5, 0.6) is 0 Å². The number of carbonyl (C=O) groups is 1. The van der Waals surface area contributed by atoms with Crippen molar-refractivity contribution in [3.8, 4) is 16.9 Å². The van der Waals surface area contributed by atoms with Gasteiger partial charge >= 0.3 is 0 Å². The Balaban J connectivity index is 1.85. The maximum absolute atomic E-state index is 12.8. The average molecular weight is 317 g/mol. The van der Waals surface area contributed by atoms with E-state index in [1.165, 1.54) is 0 Å². The van der Waals surface area contributed by atoms with Crippen LogP contribution in [0.1, 0.15) is 28.9 Å². The second-order valence-corrected chi connectivity index (χ2v) is 6.17. The predicted octanol–water partition coefficient (Wildman–Crippen LogP) is 3.74. The fourth-order valence-electron chi connectivity index (χ4n) is 2.88. The highest BCUT2D eigenvalue weighted by molar-refractivity contribution is 6.01. The molecule has 1 N–H and O–H groups in total. The standard InChI is InChI=1S/C20H19N3O/c1-14-18(20(24)21-16-12-13-16)19(15-8-4-2-5-9-15)22-23(14)17-10-6-3-7-11-17/h2-11,16H,12-13H2,1H3,(H,21,24). The Bertz CT molecular complexity index is 865. The van der Waals surface area contributed by atoms with Gasteiger partial charge in [-0.15, -0.1) is 0 Å². The molecule has 3 aromatic rings. The zero-order valence-electron chi connectivity index (χ0n) is 13.6. The van der Waals surface area contributed by atoms with Crippen LogP contribution in [-0.4, -0.2) is 21.7 Å². The highest BCUT2D eigenvalue weighted by Crippen LogP contribution is 2.28. The van der Waals surface area contributed by atoms with Crippen molar-refractivity contribution in [3.63, 3.8) is 0 Å². The van der Waals surface area contributed by atoms with Gasteiger partial charge in [0.05, 0.1) is 16.9 Å². The minimum Gasteiger partial charge on any atom is -0.349 e. The molecular formula is C20H19N3O. The second-order valence-electron chi connectivity index (χ2n) is 6.17. The number of amides is 1. The molecule has 4 rings (SSSR count). The molecule has 24 heavy (non-hydrogen) atoms. The van der Waals surface area contributed by atoms with E-state index in [1.54, 1.807) is 0 Å². The molecule has 0 saturated heterocycles. The maximum atomic E-state index is 12.8. The molecule has 1 aliphatic rings. The summed E-state index contributed by atoms with van der Waals surface area (Å²) in [7, 11) is 0. The Hall–Kier alpha value is -2.88. The van der Waals surface area contributed by atoms with Crippen molar-refractivity contribution in [2.75, 3.05) is 0 Å². The van der Waals surface area contributed by atoms with E-state index in [4.69, 9.17) is 5.10 Å². The van der Waals surface area contributed by atoms with Crippen molar-refractivity contribution in [1.29, 1.82) is 0 Å². The summed E-state index contributed by atoms with van der Waals surface area (Å²) in [5.41, 5.74) is 4.17. The molecule has 4 nitrogen and oxygen atoms in total. The number of para-hydroxylation sites is 1. The summed E-state index contributed by atoms with van der Waals surface area (Å²) in [6, 6.07) is 20.1. The van der Waals surface area contributed by atoms with Gasteiger partial charge in [-0.2, -0.15) is 5.10 Å². The van der Waals surface area contributed by atoms with Crippen LogP contribution in [0.15, 0.2) is 60.7 Å². The highest BCUT2D eigenvalue weighted by atomic mass is 16.1. The summed E-state index contributed by atoms with van der Waals surface area (Å²) in [5, 5.41) is 7.85. The molecule has 4 heteroatoms. The van der Waals surface area contributed by atoms with Crippen LogP contribution in [0.25, 0.3) is 16.9 Å². The van der Waals surface area contributed by atoms with E-state index in [1.807, 2.05) is 72.3 Å². The van der Waals surface area contributed by atoms with E-state index in [2.05, 4.69) is 5.32 Å². The number of hydrogen-bond donors (Lipinski definition) is 1. The molecular weight excluding hydrogens is 298 g/mol. The third-order valence-corrected chi connectivity index (χ3v) is 4.30. The van der Waals surface area contributed by atoms with Crippen molar-refractivity contribution in [3.05, 3.63) is 71.9 Å². The quantitative estimate of drug-likeness (QED) is 0.797. The normalized spacial score (nSPS) is 13.7. The van der Waals surface area contributed by atoms with Crippen LogP contribution in [0.3, 0.4) is 0 Å². The molecule has 120 valence electrons.